The van der Waals surface area contributed by atoms with Gasteiger partial charge < -0.3 is 0 Å². The highest BCUT2D eigenvalue weighted by Crippen LogP contribution is 2.58. The second kappa shape index (κ2) is 10.2. The fourth-order valence-electron chi connectivity index (χ4n) is 7.63. The Kier molecular flexibility index (Phi) is 7.09. The first-order valence-corrected chi connectivity index (χ1v) is 16.8. The lowest BCUT2D eigenvalue weighted by molar-refractivity contribution is 0.527. The Hall–Kier alpha value is -3.64. The van der Waals surface area contributed by atoms with Crippen LogP contribution in [0.3, 0.4) is 0 Å². The van der Waals surface area contributed by atoms with Gasteiger partial charge in [-0.15, -0.1) is 0 Å². The average Bonchev–Trinajstić information content (AvgIpc) is 3.46. The summed E-state index contributed by atoms with van der Waals surface area (Å²) in [7, 11) is 0. The van der Waals surface area contributed by atoms with Gasteiger partial charge in [-0.05, 0) is 101 Å². The highest BCUT2D eigenvalue weighted by molar-refractivity contribution is 5.97. The quantitative estimate of drug-likeness (QED) is 0.217. The Balaban J connectivity index is 1.79. The van der Waals surface area contributed by atoms with Gasteiger partial charge in [0.05, 0.1) is 5.41 Å². The first kappa shape index (κ1) is 31.3. The van der Waals surface area contributed by atoms with E-state index in [4.69, 9.17) is 0 Å². The van der Waals surface area contributed by atoms with Gasteiger partial charge in [0, 0.05) is 0 Å². The third-order valence-corrected chi connectivity index (χ3v) is 9.93. The number of rotatable bonds is 2. The van der Waals surface area contributed by atoms with Crippen molar-refractivity contribution in [1.82, 2.24) is 0 Å². The van der Waals surface area contributed by atoms with Gasteiger partial charge in [-0.25, -0.2) is 0 Å². The van der Waals surface area contributed by atoms with Crippen molar-refractivity contribution in [2.24, 2.45) is 0 Å². The van der Waals surface area contributed by atoms with Crippen LogP contribution in [0.2, 0.25) is 0 Å². The molecule has 0 aliphatic heterocycles. The van der Waals surface area contributed by atoms with Crippen molar-refractivity contribution in [3.8, 4) is 0 Å². The molecule has 0 aromatic heterocycles. The van der Waals surface area contributed by atoms with Gasteiger partial charge in [-0.1, -0.05) is 168 Å². The summed E-state index contributed by atoms with van der Waals surface area (Å²) in [5.74, 6) is 0. The average molecular weight is 593 g/mol. The highest BCUT2D eigenvalue weighted by atomic mass is 14.5. The minimum atomic E-state index is -0.367. The van der Waals surface area contributed by atoms with Crippen LogP contribution in [0.5, 0.6) is 0 Å². The van der Waals surface area contributed by atoms with Crippen LogP contribution < -0.4 is 0 Å². The summed E-state index contributed by atoms with van der Waals surface area (Å²) in [4.78, 5) is 0. The molecule has 0 unspecified atom stereocenters. The summed E-state index contributed by atoms with van der Waals surface area (Å²) in [6, 6.07) is 32.4. The summed E-state index contributed by atoms with van der Waals surface area (Å²) >= 11 is 0. The Morgan fingerprint density at radius 2 is 0.667 bits per heavy atom. The van der Waals surface area contributed by atoms with Crippen LogP contribution in [0.4, 0.5) is 0 Å². The first-order valence-electron chi connectivity index (χ1n) is 16.8. The maximum atomic E-state index is 2.60. The molecule has 0 atom stereocenters. The zero-order chi connectivity index (χ0) is 32.7. The molecule has 2 aliphatic carbocycles. The van der Waals surface area contributed by atoms with Crippen LogP contribution in [-0.4, -0.2) is 0 Å². The van der Waals surface area contributed by atoms with Crippen LogP contribution in [0.1, 0.15) is 139 Å². The van der Waals surface area contributed by atoms with E-state index in [1.54, 1.807) is 0 Å². The summed E-state index contributed by atoms with van der Waals surface area (Å²) < 4.78 is 0. The van der Waals surface area contributed by atoms with Crippen LogP contribution in [0.25, 0.3) is 11.1 Å². The van der Waals surface area contributed by atoms with Gasteiger partial charge in [0.1, 0.15) is 0 Å². The lowest BCUT2D eigenvalue weighted by atomic mass is 9.69. The molecule has 0 heterocycles. The second-order valence-electron chi connectivity index (χ2n) is 17.6. The molecule has 1 spiro atoms. The van der Waals surface area contributed by atoms with Crippen molar-refractivity contribution in [1.29, 1.82) is 0 Å². The molecule has 0 bridgehead atoms. The maximum Gasteiger partial charge on any atom is 0.0593 e. The molecule has 0 amide bonds. The van der Waals surface area contributed by atoms with E-state index < -0.39 is 0 Å². The normalized spacial score (nSPS) is 16.0. The van der Waals surface area contributed by atoms with Gasteiger partial charge in [-0.3, -0.25) is 0 Å². The Labute approximate surface area is 273 Å². The third-order valence-electron chi connectivity index (χ3n) is 9.93. The molecule has 4 aromatic rings. The van der Waals surface area contributed by atoms with Crippen molar-refractivity contribution in [2.45, 2.75) is 110 Å². The largest absolute Gasteiger partial charge is 0.0622 e. The lowest BCUT2D eigenvalue weighted by Gasteiger charge is -2.35. The van der Waals surface area contributed by atoms with E-state index in [9.17, 15) is 0 Å². The molecule has 0 N–H and O–H groups in total. The minimum Gasteiger partial charge on any atom is -0.0622 e. The van der Waals surface area contributed by atoms with Gasteiger partial charge in [0.2, 0.25) is 0 Å². The summed E-state index contributed by atoms with van der Waals surface area (Å²) in [5.41, 5.74) is 16.3. The molecule has 0 heteroatoms. The maximum absolute atomic E-state index is 2.60. The molecule has 4 aromatic carbocycles. The highest BCUT2D eigenvalue weighted by Gasteiger charge is 2.47. The number of allylic oxidation sites excluding steroid dienone is 2. The molecule has 0 radical (unpaired) electrons. The Bertz CT molecular complexity index is 1690. The monoisotopic (exact) mass is 592 g/mol. The molecule has 0 saturated heterocycles. The van der Waals surface area contributed by atoms with Crippen molar-refractivity contribution >= 4 is 11.1 Å². The third kappa shape index (κ3) is 5.25. The Morgan fingerprint density at radius 3 is 0.956 bits per heavy atom. The van der Waals surface area contributed by atoms with Crippen LogP contribution in [0.15, 0.2) is 97.1 Å². The standard InChI is InChI=1S/C45H52/c1-41(2,3)37-23-31-33(29-19-15-13-16-20-29)27-45(35(31)25-39(37)43(7,8)9)28-34(30-21-17-14-18-22-30)32-24-38(42(4,5)6)40(26-36(32)45)44(10,11)12/h13-28H,1-12H3. The van der Waals surface area contributed by atoms with Gasteiger partial charge in [-0.2, -0.15) is 0 Å². The second-order valence-corrected chi connectivity index (χ2v) is 17.6. The van der Waals surface area contributed by atoms with Gasteiger partial charge in [0.25, 0.3) is 0 Å². The number of hydrogen-bond donors (Lipinski definition) is 0. The van der Waals surface area contributed by atoms with Crippen LogP contribution in [-0.2, 0) is 27.1 Å². The number of hydrogen-bond acceptors (Lipinski definition) is 0. The first-order chi connectivity index (χ1) is 20.8. The van der Waals surface area contributed by atoms with Gasteiger partial charge in [0.15, 0.2) is 0 Å². The molecule has 0 saturated carbocycles. The fraction of sp³-hybridized carbons (Fsp3) is 0.378. The van der Waals surface area contributed by atoms with Crippen molar-refractivity contribution in [3.05, 3.63) is 153 Å². The molecule has 232 valence electrons. The smallest absolute Gasteiger partial charge is 0.0593 e. The van der Waals surface area contributed by atoms with E-state index in [-0.39, 0.29) is 27.1 Å². The summed E-state index contributed by atoms with van der Waals surface area (Å²) in [5, 5.41) is 0. The topological polar surface area (TPSA) is 0 Å². The lowest BCUT2D eigenvalue weighted by Crippen LogP contribution is -2.27. The predicted octanol–water partition coefficient (Wildman–Crippen LogP) is 12.1. The van der Waals surface area contributed by atoms with Crippen LogP contribution >= 0.6 is 0 Å². The predicted molar refractivity (Wildman–Crippen MR) is 196 cm³/mol. The molecule has 6 rings (SSSR count). The molecular formula is C45H52. The minimum absolute atomic E-state index is 0.00834. The van der Waals surface area contributed by atoms with E-state index in [1.165, 1.54) is 66.8 Å². The van der Waals surface area contributed by atoms with Crippen molar-refractivity contribution in [2.75, 3.05) is 0 Å². The SMILES string of the molecule is CC(C)(C)c1cc2c(cc1C(C)(C)C)C1(C=C2c2ccccc2)C=C(c2ccccc2)c2cc(C(C)(C)C)c(C(C)(C)C)cc21. The number of benzene rings is 4. The fourth-order valence-corrected chi connectivity index (χ4v) is 7.63. The zero-order valence-electron chi connectivity index (χ0n) is 29.7. The Morgan fingerprint density at radius 1 is 0.378 bits per heavy atom. The summed E-state index contributed by atoms with van der Waals surface area (Å²) in [6.07, 6.45) is 5.20. The molecule has 0 nitrogen and oxygen atoms in total. The van der Waals surface area contributed by atoms with E-state index in [0.29, 0.717) is 0 Å². The van der Waals surface area contributed by atoms with E-state index in [0.717, 1.165) is 0 Å². The zero-order valence-corrected chi connectivity index (χ0v) is 29.7. The molecule has 45 heavy (non-hydrogen) atoms. The molecule has 2 aliphatic rings. The molecule has 0 fully saturated rings. The van der Waals surface area contributed by atoms with Crippen LogP contribution in [0, 0.1) is 0 Å². The van der Waals surface area contributed by atoms with E-state index in [2.05, 4.69) is 180 Å². The van der Waals surface area contributed by atoms with Crippen molar-refractivity contribution in [3.63, 3.8) is 0 Å². The molecular weight excluding hydrogens is 540 g/mol. The van der Waals surface area contributed by atoms with E-state index in [1.807, 2.05) is 0 Å². The van der Waals surface area contributed by atoms with E-state index >= 15 is 0 Å². The van der Waals surface area contributed by atoms with Crippen molar-refractivity contribution < 1.29 is 0 Å². The summed E-state index contributed by atoms with van der Waals surface area (Å²) in [6.45, 7) is 28.4. The number of fused-ring (bicyclic) bond motifs is 4. The van der Waals surface area contributed by atoms with Gasteiger partial charge >= 0.3 is 0 Å².